The van der Waals surface area contributed by atoms with Crippen molar-refractivity contribution in [1.29, 1.82) is 0 Å². The van der Waals surface area contributed by atoms with Crippen LogP contribution in [0, 0.1) is 6.92 Å². The van der Waals surface area contributed by atoms with E-state index in [1.54, 1.807) is 0 Å². The van der Waals surface area contributed by atoms with Gasteiger partial charge < -0.3 is 15.5 Å². The Morgan fingerprint density at radius 2 is 1.79 bits per heavy atom. The number of aldehydes is 1. The van der Waals surface area contributed by atoms with E-state index in [9.17, 15) is 4.79 Å². The van der Waals surface area contributed by atoms with Crippen LogP contribution in [0.15, 0.2) is 18.2 Å². The van der Waals surface area contributed by atoms with Crippen molar-refractivity contribution in [3.63, 3.8) is 0 Å². The van der Waals surface area contributed by atoms with Gasteiger partial charge in [-0.15, -0.1) is 0 Å². The minimum atomic E-state index is 0.0636. The molecule has 2 heterocycles. The standard InChI is InChI=1S/C16H17Cl2N5O/c1-10-2-3-11(17)8-13(10)22-4-6-23(7-5-22)15-12(9-24)14(18)20-16(19)21-15/h2-3,8-9H,4-7H2,1H3,(H2,19,20,21). The Labute approximate surface area is 150 Å². The van der Waals surface area contributed by atoms with Crippen LogP contribution < -0.4 is 15.5 Å². The first kappa shape index (κ1) is 16.8. The molecule has 0 saturated carbocycles. The molecule has 3 rings (SSSR count). The van der Waals surface area contributed by atoms with Crippen LogP contribution in [0.4, 0.5) is 17.5 Å². The van der Waals surface area contributed by atoms with Gasteiger partial charge in [0.15, 0.2) is 6.29 Å². The molecule has 24 heavy (non-hydrogen) atoms. The Hall–Kier alpha value is -2.05. The van der Waals surface area contributed by atoms with Crippen molar-refractivity contribution in [3.8, 4) is 0 Å². The number of anilines is 3. The maximum atomic E-state index is 11.3. The quantitative estimate of drug-likeness (QED) is 0.665. The first-order valence-electron chi connectivity index (χ1n) is 7.54. The molecule has 0 aliphatic carbocycles. The minimum absolute atomic E-state index is 0.0636. The van der Waals surface area contributed by atoms with Gasteiger partial charge in [0, 0.05) is 36.9 Å². The number of halogens is 2. The number of aromatic nitrogens is 2. The highest BCUT2D eigenvalue weighted by atomic mass is 35.5. The number of carbonyl (C=O) groups is 1. The number of hydrogen-bond acceptors (Lipinski definition) is 6. The zero-order chi connectivity index (χ0) is 17.3. The van der Waals surface area contributed by atoms with Crippen LogP contribution in [0.3, 0.4) is 0 Å². The van der Waals surface area contributed by atoms with Crippen molar-refractivity contribution in [2.75, 3.05) is 41.7 Å². The smallest absolute Gasteiger partial charge is 0.223 e. The first-order valence-corrected chi connectivity index (χ1v) is 8.29. The van der Waals surface area contributed by atoms with Crippen molar-refractivity contribution in [3.05, 3.63) is 39.5 Å². The first-order chi connectivity index (χ1) is 11.5. The summed E-state index contributed by atoms with van der Waals surface area (Å²) in [6.07, 6.45) is 0.671. The van der Waals surface area contributed by atoms with Gasteiger partial charge in [0.1, 0.15) is 11.0 Å². The average Bonchev–Trinajstić information content (AvgIpc) is 2.56. The molecule has 2 N–H and O–H groups in total. The summed E-state index contributed by atoms with van der Waals surface area (Å²) in [5.74, 6) is 0.554. The number of aryl methyl sites for hydroxylation is 1. The SMILES string of the molecule is Cc1ccc(Cl)cc1N1CCN(c2nc(N)nc(Cl)c2C=O)CC1. The summed E-state index contributed by atoms with van der Waals surface area (Å²) >= 11 is 12.1. The van der Waals surface area contributed by atoms with E-state index in [0.29, 0.717) is 25.2 Å². The molecule has 0 radical (unpaired) electrons. The Morgan fingerprint density at radius 1 is 1.12 bits per heavy atom. The summed E-state index contributed by atoms with van der Waals surface area (Å²) in [6.45, 7) is 5.01. The third-order valence-corrected chi connectivity index (χ3v) is 4.63. The van der Waals surface area contributed by atoms with E-state index in [-0.39, 0.29) is 16.7 Å². The molecular weight excluding hydrogens is 349 g/mol. The zero-order valence-electron chi connectivity index (χ0n) is 13.2. The molecule has 2 aromatic rings. The van der Waals surface area contributed by atoms with Crippen molar-refractivity contribution in [2.24, 2.45) is 0 Å². The van der Waals surface area contributed by atoms with Gasteiger partial charge in [0.05, 0.1) is 5.56 Å². The third kappa shape index (κ3) is 3.25. The lowest BCUT2D eigenvalue weighted by atomic mass is 10.1. The zero-order valence-corrected chi connectivity index (χ0v) is 14.7. The van der Waals surface area contributed by atoms with Gasteiger partial charge in [-0.1, -0.05) is 29.3 Å². The molecular formula is C16H17Cl2N5O. The summed E-state index contributed by atoms with van der Waals surface area (Å²) in [6, 6.07) is 5.88. The van der Waals surface area contributed by atoms with E-state index >= 15 is 0 Å². The van der Waals surface area contributed by atoms with E-state index < -0.39 is 0 Å². The predicted octanol–water partition coefficient (Wildman–Crippen LogP) is 2.81. The van der Waals surface area contributed by atoms with Gasteiger partial charge in [0.2, 0.25) is 5.95 Å². The fourth-order valence-electron chi connectivity index (χ4n) is 2.87. The molecule has 1 saturated heterocycles. The van der Waals surface area contributed by atoms with Gasteiger partial charge in [-0.25, -0.2) is 4.98 Å². The number of hydrogen-bond donors (Lipinski definition) is 1. The van der Waals surface area contributed by atoms with Crippen LogP contribution in [0.25, 0.3) is 0 Å². The van der Waals surface area contributed by atoms with E-state index in [1.165, 1.54) is 5.56 Å². The summed E-state index contributed by atoms with van der Waals surface area (Å²) in [7, 11) is 0. The van der Waals surface area contributed by atoms with Crippen LogP contribution in [0.5, 0.6) is 0 Å². The fraction of sp³-hybridized carbons (Fsp3) is 0.312. The number of nitrogen functional groups attached to an aromatic ring is 1. The van der Waals surface area contributed by atoms with E-state index in [2.05, 4.69) is 21.8 Å². The second-order valence-corrected chi connectivity index (χ2v) is 6.43. The second-order valence-electron chi connectivity index (χ2n) is 5.63. The van der Waals surface area contributed by atoms with E-state index in [1.807, 2.05) is 23.1 Å². The topological polar surface area (TPSA) is 75.3 Å². The number of benzene rings is 1. The molecule has 6 nitrogen and oxygen atoms in total. The Morgan fingerprint density at radius 3 is 2.46 bits per heavy atom. The second kappa shape index (κ2) is 6.83. The third-order valence-electron chi connectivity index (χ3n) is 4.11. The van der Waals surface area contributed by atoms with Gasteiger partial charge in [0.25, 0.3) is 0 Å². The summed E-state index contributed by atoms with van der Waals surface area (Å²) < 4.78 is 0. The lowest BCUT2D eigenvalue weighted by Gasteiger charge is -2.37. The van der Waals surface area contributed by atoms with Crippen LogP contribution >= 0.6 is 23.2 Å². The molecule has 0 amide bonds. The van der Waals surface area contributed by atoms with Crippen LogP contribution in [-0.2, 0) is 0 Å². The van der Waals surface area contributed by atoms with Crippen molar-refractivity contribution < 1.29 is 4.79 Å². The number of rotatable bonds is 3. The maximum Gasteiger partial charge on any atom is 0.223 e. The van der Waals surface area contributed by atoms with Gasteiger partial charge in [-0.3, -0.25) is 4.79 Å². The number of piperazine rings is 1. The Bertz CT molecular complexity index is 775. The average molecular weight is 366 g/mol. The molecule has 1 aliphatic rings. The van der Waals surface area contributed by atoms with Crippen LogP contribution in [-0.4, -0.2) is 42.4 Å². The summed E-state index contributed by atoms with van der Waals surface area (Å²) in [4.78, 5) is 23.6. The number of nitrogens with two attached hydrogens (primary N) is 1. The normalized spacial score (nSPS) is 14.8. The number of carbonyl (C=O) groups excluding carboxylic acids is 1. The molecule has 0 spiro atoms. The van der Waals surface area contributed by atoms with Gasteiger partial charge in [-0.05, 0) is 24.6 Å². The van der Waals surface area contributed by atoms with Crippen molar-refractivity contribution in [1.82, 2.24) is 9.97 Å². The molecule has 1 fully saturated rings. The Kier molecular flexibility index (Phi) is 4.78. The highest BCUT2D eigenvalue weighted by Gasteiger charge is 2.23. The molecule has 0 atom stereocenters. The minimum Gasteiger partial charge on any atom is -0.368 e. The lowest BCUT2D eigenvalue weighted by molar-refractivity contribution is 0.112. The van der Waals surface area contributed by atoms with Crippen molar-refractivity contribution in [2.45, 2.75) is 6.92 Å². The molecule has 1 aromatic heterocycles. The summed E-state index contributed by atoms with van der Waals surface area (Å²) in [5, 5.41) is 0.803. The van der Waals surface area contributed by atoms with Crippen LogP contribution in [0.2, 0.25) is 10.2 Å². The molecule has 0 bridgehead atoms. The maximum absolute atomic E-state index is 11.3. The van der Waals surface area contributed by atoms with Crippen LogP contribution in [0.1, 0.15) is 15.9 Å². The fourth-order valence-corrected chi connectivity index (χ4v) is 3.25. The molecule has 126 valence electrons. The van der Waals surface area contributed by atoms with E-state index in [0.717, 1.165) is 23.8 Å². The van der Waals surface area contributed by atoms with Crippen molar-refractivity contribution >= 4 is 46.9 Å². The molecule has 0 unspecified atom stereocenters. The van der Waals surface area contributed by atoms with E-state index in [4.69, 9.17) is 28.9 Å². The van der Waals surface area contributed by atoms with Gasteiger partial charge >= 0.3 is 0 Å². The number of nitrogens with zero attached hydrogens (tertiary/aromatic N) is 4. The highest BCUT2D eigenvalue weighted by Crippen LogP contribution is 2.28. The Balaban J connectivity index is 1.81. The summed E-state index contributed by atoms with van der Waals surface area (Å²) in [5.41, 5.74) is 8.25. The molecule has 8 heteroatoms. The monoisotopic (exact) mass is 365 g/mol. The predicted molar refractivity (Wildman–Crippen MR) is 97.5 cm³/mol. The molecule has 1 aromatic carbocycles. The lowest BCUT2D eigenvalue weighted by Crippen LogP contribution is -2.47. The molecule has 1 aliphatic heterocycles. The largest absolute Gasteiger partial charge is 0.368 e. The van der Waals surface area contributed by atoms with Gasteiger partial charge in [-0.2, -0.15) is 4.98 Å². The highest BCUT2D eigenvalue weighted by molar-refractivity contribution is 6.32.